The summed E-state index contributed by atoms with van der Waals surface area (Å²) < 4.78 is 13.4. The summed E-state index contributed by atoms with van der Waals surface area (Å²) in [6.07, 6.45) is 1.12. The molecule has 1 fully saturated rings. The number of nitrogens with zero attached hydrogens (tertiary/aromatic N) is 1. The number of hydrogen-bond donors (Lipinski definition) is 0. The Bertz CT molecular complexity index is 452. The van der Waals surface area contributed by atoms with E-state index in [-0.39, 0.29) is 9.60 Å². The van der Waals surface area contributed by atoms with Crippen LogP contribution in [0.4, 0.5) is 10.1 Å². The summed E-state index contributed by atoms with van der Waals surface area (Å²) in [5.74, 6) is 1.12. The average Bonchev–Trinajstić information content (AvgIpc) is 2.30. The summed E-state index contributed by atoms with van der Waals surface area (Å²) in [6.45, 7) is 0. The zero-order chi connectivity index (χ0) is 12.4. The van der Waals surface area contributed by atoms with E-state index in [1.165, 1.54) is 0 Å². The summed E-state index contributed by atoms with van der Waals surface area (Å²) in [5.41, 5.74) is 0.0328. The van der Waals surface area contributed by atoms with Gasteiger partial charge in [-0.2, -0.15) is 4.39 Å². The molecule has 0 radical (unpaired) electrons. The molecule has 0 aliphatic carbocycles. The number of rotatable bonds is 2. The van der Waals surface area contributed by atoms with Crippen LogP contribution in [0.15, 0.2) is 12.1 Å². The molecule has 0 aromatic heterocycles. The predicted octanol–water partition coefficient (Wildman–Crippen LogP) is 4.26. The lowest BCUT2D eigenvalue weighted by atomic mass is 10.2. The molecule has 92 valence electrons. The molecule has 1 aliphatic heterocycles. The summed E-state index contributed by atoms with van der Waals surface area (Å²) in [4.78, 5) is 9.98. The second-order valence-electron chi connectivity index (χ2n) is 3.48. The van der Waals surface area contributed by atoms with E-state index in [2.05, 4.69) is 0 Å². The third kappa shape index (κ3) is 2.69. The molecule has 0 saturated carbocycles. The quantitative estimate of drug-likeness (QED) is 0.604. The Hall–Kier alpha value is -0.460. The standard InChI is InChI=1S/C10H9ClFNO2S2/c11-8-6(10-16-4-1-5-17-10)2-3-7(12)9(8)13(14)15/h2-3,10H,1,4-5H2. The third-order valence-electron chi connectivity index (χ3n) is 2.36. The first kappa shape index (κ1) is 13.0. The first-order chi connectivity index (χ1) is 8.11. The molecule has 0 bridgehead atoms. The summed E-state index contributed by atoms with van der Waals surface area (Å²) in [7, 11) is 0. The Labute approximate surface area is 111 Å². The van der Waals surface area contributed by atoms with Gasteiger partial charge in [0.2, 0.25) is 5.82 Å². The van der Waals surface area contributed by atoms with Gasteiger partial charge < -0.3 is 0 Å². The van der Waals surface area contributed by atoms with Gasteiger partial charge >= 0.3 is 5.69 Å². The van der Waals surface area contributed by atoms with Crippen molar-refractivity contribution in [3.8, 4) is 0 Å². The fraction of sp³-hybridized carbons (Fsp3) is 0.400. The van der Waals surface area contributed by atoms with Gasteiger partial charge in [-0.05, 0) is 24.0 Å². The molecule has 1 aromatic rings. The molecule has 0 spiro atoms. The van der Waals surface area contributed by atoms with E-state index in [0.717, 1.165) is 24.0 Å². The Morgan fingerprint density at radius 1 is 1.41 bits per heavy atom. The van der Waals surface area contributed by atoms with Gasteiger partial charge in [0, 0.05) is 5.56 Å². The molecule has 1 aliphatic rings. The monoisotopic (exact) mass is 293 g/mol. The van der Waals surface area contributed by atoms with Crippen LogP contribution in [-0.4, -0.2) is 16.4 Å². The van der Waals surface area contributed by atoms with Gasteiger partial charge in [0.1, 0.15) is 5.02 Å². The number of nitro groups is 1. The Morgan fingerprint density at radius 3 is 2.65 bits per heavy atom. The van der Waals surface area contributed by atoms with Crippen molar-refractivity contribution in [1.29, 1.82) is 0 Å². The fourth-order valence-electron chi connectivity index (χ4n) is 1.57. The molecule has 0 unspecified atom stereocenters. The summed E-state index contributed by atoms with van der Waals surface area (Å²) in [6, 6.07) is 2.66. The van der Waals surface area contributed by atoms with Crippen LogP contribution >= 0.6 is 35.1 Å². The predicted molar refractivity (Wildman–Crippen MR) is 70.3 cm³/mol. The maximum atomic E-state index is 13.3. The minimum Gasteiger partial charge on any atom is -0.258 e. The minimum atomic E-state index is -0.880. The normalized spacial score (nSPS) is 17.1. The van der Waals surface area contributed by atoms with Crippen molar-refractivity contribution in [2.75, 3.05) is 11.5 Å². The highest BCUT2D eigenvalue weighted by Crippen LogP contribution is 2.48. The van der Waals surface area contributed by atoms with Crippen LogP contribution in [0.1, 0.15) is 16.6 Å². The lowest BCUT2D eigenvalue weighted by Crippen LogP contribution is -2.03. The Balaban J connectivity index is 2.41. The van der Waals surface area contributed by atoms with Gasteiger partial charge in [0.05, 0.1) is 9.51 Å². The molecule has 3 nitrogen and oxygen atoms in total. The second kappa shape index (κ2) is 5.46. The van der Waals surface area contributed by atoms with Gasteiger partial charge in [-0.25, -0.2) is 0 Å². The number of benzene rings is 1. The van der Waals surface area contributed by atoms with Crippen molar-refractivity contribution in [3.63, 3.8) is 0 Å². The van der Waals surface area contributed by atoms with Gasteiger partial charge in [-0.15, -0.1) is 23.5 Å². The SMILES string of the molecule is O=[N+]([O-])c1c(F)ccc(C2SCCCS2)c1Cl. The van der Waals surface area contributed by atoms with Crippen LogP contribution in [-0.2, 0) is 0 Å². The zero-order valence-electron chi connectivity index (χ0n) is 8.69. The largest absolute Gasteiger partial charge is 0.323 e. The second-order valence-corrected chi connectivity index (χ2v) is 6.59. The lowest BCUT2D eigenvalue weighted by molar-refractivity contribution is -0.387. The van der Waals surface area contributed by atoms with Crippen LogP contribution in [0.2, 0.25) is 5.02 Å². The highest BCUT2D eigenvalue weighted by molar-refractivity contribution is 8.16. The molecule has 0 amide bonds. The maximum Gasteiger partial charge on any atom is 0.323 e. The van der Waals surface area contributed by atoms with Gasteiger partial charge in [0.15, 0.2) is 0 Å². The minimum absolute atomic E-state index is 0.0653. The van der Waals surface area contributed by atoms with Crippen LogP contribution in [0.25, 0.3) is 0 Å². The zero-order valence-corrected chi connectivity index (χ0v) is 11.1. The first-order valence-corrected chi connectivity index (χ1v) is 7.44. The van der Waals surface area contributed by atoms with Crippen LogP contribution in [0.3, 0.4) is 0 Å². The van der Waals surface area contributed by atoms with Crippen molar-refractivity contribution in [3.05, 3.63) is 38.7 Å². The van der Waals surface area contributed by atoms with Crippen molar-refractivity contribution >= 4 is 40.8 Å². The van der Waals surface area contributed by atoms with E-state index in [1.54, 1.807) is 29.6 Å². The first-order valence-electron chi connectivity index (χ1n) is 4.96. The van der Waals surface area contributed by atoms with E-state index < -0.39 is 16.4 Å². The lowest BCUT2D eigenvalue weighted by Gasteiger charge is -2.21. The van der Waals surface area contributed by atoms with Crippen molar-refractivity contribution < 1.29 is 9.31 Å². The number of hydrogen-bond acceptors (Lipinski definition) is 4. The van der Waals surface area contributed by atoms with Gasteiger partial charge in [0.25, 0.3) is 0 Å². The van der Waals surface area contributed by atoms with Gasteiger partial charge in [-0.1, -0.05) is 17.7 Å². The van der Waals surface area contributed by atoms with E-state index in [1.807, 2.05) is 0 Å². The van der Waals surface area contributed by atoms with E-state index >= 15 is 0 Å². The summed E-state index contributed by atoms with van der Waals surface area (Å²) in [5, 5.41) is 10.7. The molecule has 1 heterocycles. The molecule has 2 rings (SSSR count). The molecule has 0 atom stereocenters. The number of thioether (sulfide) groups is 2. The fourth-order valence-corrected chi connectivity index (χ4v) is 4.98. The highest BCUT2D eigenvalue weighted by Gasteiger charge is 2.27. The molecule has 17 heavy (non-hydrogen) atoms. The average molecular weight is 294 g/mol. The van der Waals surface area contributed by atoms with Crippen LogP contribution < -0.4 is 0 Å². The topological polar surface area (TPSA) is 43.1 Å². The Morgan fingerprint density at radius 2 is 2.06 bits per heavy atom. The smallest absolute Gasteiger partial charge is 0.258 e. The third-order valence-corrected chi connectivity index (χ3v) is 5.74. The molecule has 1 aromatic carbocycles. The summed E-state index contributed by atoms with van der Waals surface area (Å²) >= 11 is 9.31. The van der Waals surface area contributed by atoms with Crippen LogP contribution in [0.5, 0.6) is 0 Å². The number of nitro benzene ring substituents is 1. The maximum absolute atomic E-state index is 13.3. The molecule has 0 N–H and O–H groups in total. The molecule has 1 saturated heterocycles. The van der Waals surface area contributed by atoms with Crippen LogP contribution in [0, 0.1) is 15.9 Å². The molecular weight excluding hydrogens is 285 g/mol. The van der Waals surface area contributed by atoms with Crippen molar-refractivity contribution in [2.45, 2.75) is 11.0 Å². The number of halogens is 2. The van der Waals surface area contributed by atoms with E-state index in [4.69, 9.17) is 11.6 Å². The highest BCUT2D eigenvalue weighted by atomic mass is 35.5. The van der Waals surface area contributed by atoms with Crippen molar-refractivity contribution in [2.24, 2.45) is 0 Å². The molecule has 7 heteroatoms. The molecular formula is C10H9ClFNO2S2. The Kier molecular flexibility index (Phi) is 4.17. The van der Waals surface area contributed by atoms with Gasteiger partial charge in [-0.3, -0.25) is 10.1 Å². The van der Waals surface area contributed by atoms with E-state index in [0.29, 0.717) is 5.56 Å². The van der Waals surface area contributed by atoms with E-state index in [9.17, 15) is 14.5 Å². The van der Waals surface area contributed by atoms with Crippen molar-refractivity contribution in [1.82, 2.24) is 0 Å².